The zero-order valence-corrected chi connectivity index (χ0v) is 8.21. The molecular formula is C10H11N3O2. The Morgan fingerprint density at radius 1 is 1.60 bits per heavy atom. The van der Waals surface area contributed by atoms with E-state index in [9.17, 15) is 4.79 Å². The quantitative estimate of drug-likeness (QED) is 0.757. The predicted octanol–water partition coefficient (Wildman–Crippen LogP) is 0.727. The number of fused-ring (bicyclic) bond motifs is 1. The number of carboxylic acid groups (broad SMARTS) is 1. The largest absolute Gasteiger partial charge is 0.480 e. The van der Waals surface area contributed by atoms with Crippen molar-refractivity contribution in [3.63, 3.8) is 0 Å². The van der Waals surface area contributed by atoms with Crippen LogP contribution in [0.3, 0.4) is 0 Å². The van der Waals surface area contributed by atoms with Crippen LogP contribution in [0.4, 0.5) is 0 Å². The van der Waals surface area contributed by atoms with Crippen molar-refractivity contribution in [1.82, 2.24) is 9.61 Å². The lowest BCUT2D eigenvalue weighted by Crippen LogP contribution is -2.20. The number of nitrogens with zero attached hydrogens (tertiary/aromatic N) is 2. The van der Waals surface area contributed by atoms with E-state index in [0.29, 0.717) is 5.56 Å². The van der Waals surface area contributed by atoms with Crippen LogP contribution in [0, 0.1) is 6.92 Å². The highest BCUT2D eigenvalue weighted by Crippen LogP contribution is 2.17. The Kier molecular flexibility index (Phi) is 2.17. The molecule has 0 amide bonds. The summed E-state index contributed by atoms with van der Waals surface area (Å²) in [5, 5.41) is 12.9. The molecule has 0 bridgehead atoms. The fourth-order valence-corrected chi connectivity index (χ4v) is 1.48. The number of carbonyl (C=O) groups is 1. The number of rotatable bonds is 2. The summed E-state index contributed by atoms with van der Waals surface area (Å²) in [5.41, 5.74) is 7.85. The van der Waals surface area contributed by atoms with Crippen molar-refractivity contribution in [1.29, 1.82) is 0 Å². The molecule has 78 valence electrons. The Bertz CT molecular complexity index is 518. The van der Waals surface area contributed by atoms with Crippen molar-refractivity contribution in [2.24, 2.45) is 5.73 Å². The minimum absolute atomic E-state index is 0.530. The number of aryl methyl sites for hydroxylation is 1. The van der Waals surface area contributed by atoms with Crippen LogP contribution in [-0.4, -0.2) is 20.7 Å². The van der Waals surface area contributed by atoms with E-state index in [1.807, 2.05) is 25.3 Å². The molecule has 0 radical (unpaired) electrons. The van der Waals surface area contributed by atoms with Gasteiger partial charge in [0.2, 0.25) is 0 Å². The van der Waals surface area contributed by atoms with E-state index in [1.54, 1.807) is 4.52 Å². The summed E-state index contributed by atoms with van der Waals surface area (Å²) in [4.78, 5) is 10.7. The summed E-state index contributed by atoms with van der Waals surface area (Å²) in [6.07, 6.45) is 3.32. The molecule has 0 spiro atoms. The molecule has 0 fully saturated rings. The van der Waals surface area contributed by atoms with Gasteiger partial charge in [-0.3, -0.25) is 4.79 Å². The van der Waals surface area contributed by atoms with Crippen LogP contribution >= 0.6 is 0 Å². The van der Waals surface area contributed by atoms with Crippen LogP contribution in [0.15, 0.2) is 24.5 Å². The Hall–Kier alpha value is -1.88. The number of hydrogen-bond acceptors (Lipinski definition) is 3. The molecule has 2 aromatic rings. The Morgan fingerprint density at radius 2 is 2.33 bits per heavy atom. The highest BCUT2D eigenvalue weighted by molar-refractivity contribution is 5.78. The van der Waals surface area contributed by atoms with E-state index in [2.05, 4.69) is 5.10 Å². The van der Waals surface area contributed by atoms with Crippen molar-refractivity contribution in [3.05, 3.63) is 35.7 Å². The van der Waals surface area contributed by atoms with Crippen molar-refractivity contribution in [3.8, 4) is 0 Å². The maximum absolute atomic E-state index is 10.7. The van der Waals surface area contributed by atoms with E-state index in [4.69, 9.17) is 10.8 Å². The zero-order chi connectivity index (χ0) is 11.0. The van der Waals surface area contributed by atoms with Gasteiger partial charge in [-0.2, -0.15) is 5.10 Å². The minimum atomic E-state index is -1.05. The van der Waals surface area contributed by atoms with Crippen LogP contribution in [-0.2, 0) is 4.79 Å². The highest BCUT2D eigenvalue weighted by atomic mass is 16.4. The van der Waals surface area contributed by atoms with Crippen molar-refractivity contribution in [2.45, 2.75) is 13.0 Å². The van der Waals surface area contributed by atoms with Gasteiger partial charge in [-0.25, -0.2) is 4.52 Å². The molecule has 5 heteroatoms. The summed E-state index contributed by atoms with van der Waals surface area (Å²) in [7, 11) is 0. The van der Waals surface area contributed by atoms with Gasteiger partial charge in [-0.1, -0.05) is 6.07 Å². The number of aromatic nitrogens is 2. The van der Waals surface area contributed by atoms with Crippen molar-refractivity contribution in [2.75, 3.05) is 0 Å². The second-order valence-electron chi connectivity index (χ2n) is 3.45. The van der Waals surface area contributed by atoms with Gasteiger partial charge in [0.15, 0.2) is 0 Å². The van der Waals surface area contributed by atoms with Gasteiger partial charge < -0.3 is 10.8 Å². The fraction of sp³-hybridized carbons (Fsp3) is 0.200. The second kappa shape index (κ2) is 3.36. The van der Waals surface area contributed by atoms with Gasteiger partial charge >= 0.3 is 5.97 Å². The van der Waals surface area contributed by atoms with Gasteiger partial charge in [0, 0.05) is 11.8 Å². The van der Waals surface area contributed by atoms with Gasteiger partial charge in [-0.15, -0.1) is 0 Å². The van der Waals surface area contributed by atoms with E-state index in [1.165, 1.54) is 6.20 Å². The molecule has 2 rings (SSSR count). The van der Waals surface area contributed by atoms with Gasteiger partial charge in [0.25, 0.3) is 0 Å². The summed E-state index contributed by atoms with van der Waals surface area (Å²) in [5.74, 6) is -1.05. The van der Waals surface area contributed by atoms with Gasteiger partial charge in [0.1, 0.15) is 6.04 Å². The summed E-state index contributed by atoms with van der Waals surface area (Å²) in [6, 6.07) is 2.69. The second-order valence-corrected chi connectivity index (χ2v) is 3.45. The smallest absolute Gasteiger partial charge is 0.325 e. The average Bonchev–Trinajstić information content (AvgIpc) is 2.59. The van der Waals surface area contributed by atoms with Crippen LogP contribution in [0.2, 0.25) is 0 Å². The normalized spacial score (nSPS) is 12.9. The Morgan fingerprint density at radius 3 is 3.00 bits per heavy atom. The van der Waals surface area contributed by atoms with Crippen molar-refractivity contribution < 1.29 is 9.90 Å². The number of nitrogens with two attached hydrogens (primary N) is 1. The first-order chi connectivity index (χ1) is 7.09. The third-order valence-electron chi connectivity index (χ3n) is 2.29. The standard InChI is InChI=1S/C10H11N3O2/c1-6-2-3-8-7(9(11)10(14)15)4-12-13(8)5-6/h2-5,9H,11H2,1H3,(H,14,15). The van der Waals surface area contributed by atoms with Crippen LogP contribution in [0.5, 0.6) is 0 Å². The maximum atomic E-state index is 10.7. The number of hydrogen-bond donors (Lipinski definition) is 2. The van der Waals surface area contributed by atoms with E-state index < -0.39 is 12.0 Å². The SMILES string of the molecule is Cc1ccc2c(C(N)C(=O)O)cnn2c1. The molecule has 1 atom stereocenters. The number of carboxylic acids is 1. The maximum Gasteiger partial charge on any atom is 0.325 e. The average molecular weight is 205 g/mol. The summed E-state index contributed by atoms with van der Waals surface area (Å²) < 4.78 is 1.63. The molecule has 0 aliphatic rings. The molecule has 5 nitrogen and oxygen atoms in total. The lowest BCUT2D eigenvalue weighted by atomic mass is 10.1. The Balaban J connectivity index is 2.59. The third kappa shape index (κ3) is 1.57. The molecule has 2 aromatic heterocycles. The topological polar surface area (TPSA) is 80.6 Å². The predicted molar refractivity (Wildman–Crippen MR) is 54.5 cm³/mol. The molecule has 0 saturated carbocycles. The van der Waals surface area contributed by atoms with Crippen LogP contribution in [0.25, 0.3) is 5.52 Å². The lowest BCUT2D eigenvalue weighted by molar-refractivity contribution is -0.138. The molecule has 3 N–H and O–H groups in total. The van der Waals surface area contributed by atoms with E-state index in [0.717, 1.165) is 11.1 Å². The van der Waals surface area contributed by atoms with Crippen LogP contribution < -0.4 is 5.73 Å². The van der Waals surface area contributed by atoms with Gasteiger partial charge in [-0.05, 0) is 18.6 Å². The minimum Gasteiger partial charge on any atom is -0.480 e. The summed E-state index contributed by atoms with van der Waals surface area (Å²) >= 11 is 0. The fourth-order valence-electron chi connectivity index (χ4n) is 1.48. The first-order valence-corrected chi connectivity index (χ1v) is 4.52. The molecule has 0 aliphatic carbocycles. The van der Waals surface area contributed by atoms with E-state index in [-0.39, 0.29) is 0 Å². The first-order valence-electron chi connectivity index (χ1n) is 4.52. The zero-order valence-electron chi connectivity index (χ0n) is 8.21. The molecule has 1 unspecified atom stereocenters. The lowest BCUT2D eigenvalue weighted by Gasteiger charge is -2.03. The molecule has 0 saturated heterocycles. The van der Waals surface area contributed by atoms with E-state index >= 15 is 0 Å². The van der Waals surface area contributed by atoms with Crippen molar-refractivity contribution >= 4 is 11.5 Å². The third-order valence-corrected chi connectivity index (χ3v) is 2.29. The monoisotopic (exact) mass is 205 g/mol. The highest BCUT2D eigenvalue weighted by Gasteiger charge is 2.18. The molecule has 0 aromatic carbocycles. The molecule has 2 heterocycles. The number of aliphatic carboxylic acids is 1. The van der Waals surface area contributed by atoms with Gasteiger partial charge in [0.05, 0.1) is 11.7 Å². The van der Waals surface area contributed by atoms with Crippen LogP contribution in [0.1, 0.15) is 17.2 Å². The number of pyridine rings is 1. The molecule has 0 aliphatic heterocycles. The Labute approximate surface area is 86.1 Å². The first kappa shape index (κ1) is 9.67. The summed E-state index contributed by atoms with van der Waals surface area (Å²) in [6.45, 7) is 1.94. The molecule has 15 heavy (non-hydrogen) atoms. The molecular weight excluding hydrogens is 194 g/mol.